The lowest BCUT2D eigenvalue weighted by Crippen LogP contribution is -2.42. The summed E-state index contributed by atoms with van der Waals surface area (Å²) in [6.07, 6.45) is 8.14. The molecule has 2 aromatic heterocycles. The summed E-state index contributed by atoms with van der Waals surface area (Å²) >= 11 is 0. The molecule has 0 spiro atoms. The van der Waals surface area contributed by atoms with Gasteiger partial charge in [-0.25, -0.2) is 9.50 Å². The van der Waals surface area contributed by atoms with Crippen molar-refractivity contribution in [2.45, 2.75) is 19.3 Å². The minimum Gasteiger partial charge on any atom is -0.355 e. The van der Waals surface area contributed by atoms with Crippen LogP contribution in [-0.2, 0) is 11.2 Å². The van der Waals surface area contributed by atoms with Gasteiger partial charge in [0.1, 0.15) is 5.52 Å². The van der Waals surface area contributed by atoms with Crippen LogP contribution in [0.1, 0.15) is 18.4 Å². The number of aromatic nitrogens is 3. The Kier molecular flexibility index (Phi) is 3.62. The zero-order valence-electron chi connectivity index (χ0n) is 14.6. The molecule has 0 saturated carbocycles. The number of fused-ring (bicyclic) bond motifs is 2. The highest BCUT2D eigenvalue weighted by molar-refractivity contribution is 5.97. The third-order valence-corrected chi connectivity index (χ3v) is 5.60. The van der Waals surface area contributed by atoms with Crippen molar-refractivity contribution in [3.05, 3.63) is 54.5 Å². The minimum atomic E-state index is 0.0991. The van der Waals surface area contributed by atoms with E-state index in [9.17, 15) is 4.79 Å². The number of carbonyl (C=O) groups is 1. The van der Waals surface area contributed by atoms with Crippen LogP contribution in [0.4, 0.5) is 11.5 Å². The number of rotatable bonds is 2. The van der Waals surface area contributed by atoms with Gasteiger partial charge >= 0.3 is 0 Å². The SMILES string of the molecule is O=C(C1CCN(c2nccn3nccc23)CC1)N1CCc2ccccc21. The van der Waals surface area contributed by atoms with Crippen molar-refractivity contribution < 1.29 is 4.79 Å². The Morgan fingerprint density at radius 2 is 1.88 bits per heavy atom. The van der Waals surface area contributed by atoms with Crippen molar-refractivity contribution in [1.82, 2.24) is 14.6 Å². The maximum absolute atomic E-state index is 13.1. The first kappa shape index (κ1) is 15.4. The van der Waals surface area contributed by atoms with Crippen LogP contribution in [0.2, 0.25) is 0 Å². The van der Waals surface area contributed by atoms with Gasteiger partial charge in [0.2, 0.25) is 5.91 Å². The van der Waals surface area contributed by atoms with E-state index in [0.717, 1.165) is 55.9 Å². The number of para-hydroxylation sites is 1. The third kappa shape index (κ3) is 2.44. The maximum atomic E-state index is 13.1. The molecule has 0 radical (unpaired) electrons. The van der Waals surface area contributed by atoms with Crippen molar-refractivity contribution >= 4 is 22.9 Å². The first-order valence-corrected chi connectivity index (χ1v) is 9.24. The highest BCUT2D eigenvalue weighted by Crippen LogP contribution is 2.32. The van der Waals surface area contributed by atoms with E-state index >= 15 is 0 Å². The second-order valence-corrected chi connectivity index (χ2v) is 7.04. The molecule has 1 fully saturated rings. The molecule has 1 amide bonds. The number of amides is 1. The summed E-state index contributed by atoms with van der Waals surface area (Å²) in [5, 5.41) is 4.28. The molecule has 3 aromatic rings. The molecular weight excluding hydrogens is 326 g/mol. The van der Waals surface area contributed by atoms with Gasteiger partial charge in [-0.1, -0.05) is 18.2 Å². The van der Waals surface area contributed by atoms with E-state index in [4.69, 9.17) is 0 Å². The number of hydrogen-bond acceptors (Lipinski definition) is 4. The summed E-state index contributed by atoms with van der Waals surface area (Å²) in [4.78, 5) is 21.9. The lowest BCUT2D eigenvalue weighted by atomic mass is 9.95. The van der Waals surface area contributed by atoms with E-state index in [-0.39, 0.29) is 11.8 Å². The minimum absolute atomic E-state index is 0.0991. The lowest BCUT2D eigenvalue weighted by molar-refractivity contribution is -0.122. The molecule has 2 aliphatic rings. The second-order valence-electron chi connectivity index (χ2n) is 7.04. The zero-order valence-corrected chi connectivity index (χ0v) is 14.6. The van der Waals surface area contributed by atoms with Crippen molar-refractivity contribution in [2.75, 3.05) is 29.4 Å². The second kappa shape index (κ2) is 6.12. The van der Waals surface area contributed by atoms with Gasteiger partial charge in [-0.3, -0.25) is 4.79 Å². The Hall–Kier alpha value is -2.89. The van der Waals surface area contributed by atoms with Gasteiger partial charge in [-0.2, -0.15) is 5.10 Å². The fourth-order valence-corrected chi connectivity index (χ4v) is 4.21. The van der Waals surface area contributed by atoms with Crippen LogP contribution in [0, 0.1) is 5.92 Å². The van der Waals surface area contributed by atoms with Crippen LogP contribution in [0.15, 0.2) is 48.9 Å². The standard InChI is InChI=1S/C20H21N5O/c26-20(24-13-8-15-3-1-2-4-17(15)24)16-6-11-23(12-7-16)19-18-5-9-22-25(18)14-10-21-19/h1-5,9-10,14,16H,6-8,11-13H2. The normalized spacial score (nSPS) is 17.7. The van der Waals surface area contributed by atoms with E-state index in [1.165, 1.54) is 5.56 Å². The molecule has 0 aliphatic carbocycles. The first-order chi connectivity index (χ1) is 12.8. The zero-order chi connectivity index (χ0) is 17.5. The third-order valence-electron chi connectivity index (χ3n) is 5.60. The van der Waals surface area contributed by atoms with E-state index < -0.39 is 0 Å². The Morgan fingerprint density at radius 3 is 2.77 bits per heavy atom. The lowest BCUT2D eigenvalue weighted by Gasteiger charge is -2.34. The average molecular weight is 347 g/mol. The number of anilines is 2. The van der Waals surface area contributed by atoms with Crippen molar-refractivity contribution in [2.24, 2.45) is 5.92 Å². The molecule has 6 heteroatoms. The van der Waals surface area contributed by atoms with Gasteiger partial charge < -0.3 is 9.80 Å². The van der Waals surface area contributed by atoms with E-state index in [1.54, 1.807) is 12.4 Å². The van der Waals surface area contributed by atoms with Crippen LogP contribution >= 0.6 is 0 Å². The summed E-state index contributed by atoms with van der Waals surface area (Å²) in [6.45, 7) is 2.52. The number of nitrogens with zero attached hydrogens (tertiary/aromatic N) is 5. The molecule has 0 unspecified atom stereocenters. The van der Waals surface area contributed by atoms with Crippen LogP contribution in [0.5, 0.6) is 0 Å². The highest BCUT2D eigenvalue weighted by Gasteiger charge is 2.32. The highest BCUT2D eigenvalue weighted by atomic mass is 16.2. The number of benzene rings is 1. The van der Waals surface area contributed by atoms with Crippen LogP contribution < -0.4 is 9.80 Å². The first-order valence-electron chi connectivity index (χ1n) is 9.24. The van der Waals surface area contributed by atoms with Crippen molar-refractivity contribution in [1.29, 1.82) is 0 Å². The van der Waals surface area contributed by atoms with Gasteiger partial charge in [0, 0.05) is 43.6 Å². The summed E-state index contributed by atoms with van der Waals surface area (Å²) < 4.78 is 1.85. The molecule has 0 bridgehead atoms. The summed E-state index contributed by atoms with van der Waals surface area (Å²) in [5.41, 5.74) is 3.41. The molecule has 132 valence electrons. The molecule has 2 aliphatic heterocycles. The quantitative estimate of drug-likeness (QED) is 0.715. The Bertz CT molecular complexity index is 957. The molecule has 6 nitrogen and oxygen atoms in total. The average Bonchev–Trinajstić information content (AvgIpc) is 3.34. The van der Waals surface area contributed by atoms with Crippen LogP contribution in [0.3, 0.4) is 0 Å². The largest absolute Gasteiger partial charge is 0.355 e. The topological polar surface area (TPSA) is 53.7 Å². The molecule has 1 aromatic carbocycles. The van der Waals surface area contributed by atoms with Gasteiger partial charge in [0.15, 0.2) is 5.82 Å². The van der Waals surface area contributed by atoms with Crippen molar-refractivity contribution in [3.63, 3.8) is 0 Å². The van der Waals surface area contributed by atoms with Crippen LogP contribution in [-0.4, -0.2) is 40.1 Å². The molecular formula is C20H21N5O. The summed E-state index contributed by atoms with van der Waals surface area (Å²) in [5.74, 6) is 1.34. The van der Waals surface area contributed by atoms with Gasteiger partial charge in [0.05, 0.1) is 6.20 Å². The summed E-state index contributed by atoms with van der Waals surface area (Å²) in [7, 11) is 0. The van der Waals surface area contributed by atoms with Crippen molar-refractivity contribution in [3.8, 4) is 0 Å². The summed E-state index contributed by atoms with van der Waals surface area (Å²) in [6, 6.07) is 10.3. The predicted molar refractivity (Wildman–Crippen MR) is 100 cm³/mol. The smallest absolute Gasteiger partial charge is 0.230 e. The van der Waals surface area contributed by atoms with Gasteiger partial charge in [-0.15, -0.1) is 0 Å². The van der Waals surface area contributed by atoms with Crippen LogP contribution in [0.25, 0.3) is 5.52 Å². The molecule has 26 heavy (non-hydrogen) atoms. The van der Waals surface area contributed by atoms with E-state index in [0.29, 0.717) is 0 Å². The molecule has 0 atom stereocenters. The maximum Gasteiger partial charge on any atom is 0.230 e. The fraction of sp³-hybridized carbons (Fsp3) is 0.350. The number of piperidine rings is 1. The molecule has 1 saturated heterocycles. The molecule has 5 rings (SSSR count). The van der Waals surface area contributed by atoms with Gasteiger partial charge in [0.25, 0.3) is 0 Å². The Labute approximate surface area is 152 Å². The Morgan fingerprint density at radius 1 is 1.04 bits per heavy atom. The fourth-order valence-electron chi connectivity index (χ4n) is 4.21. The van der Waals surface area contributed by atoms with E-state index in [2.05, 4.69) is 33.2 Å². The number of carbonyl (C=O) groups excluding carboxylic acids is 1. The Balaban J connectivity index is 1.30. The van der Waals surface area contributed by atoms with E-state index in [1.807, 2.05) is 27.7 Å². The van der Waals surface area contributed by atoms with Gasteiger partial charge in [-0.05, 0) is 37.0 Å². The molecule has 0 N–H and O–H groups in total. The molecule has 4 heterocycles. The number of hydrogen-bond donors (Lipinski definition) is 0. The monoisotopic (exact) mass is 347 g/mol. The predicted octanol–water partition coefficient (Wildman–Crippen LogP) is 2.54.